The van der Waals surface area contributed by atoms with Crippen molar-refractivity contribution in [1.29, 1.82) is 0 Å². The molecule has 0 bridgehead atoms. The Kier molecular flexibility index (Phi) is 3.86. The van der Waals surface area contributed by atoms with Crippen molar-refractivity contribution in [3.63, 3.8) is 0 Å². The minimum atomic E-state index is 0.404. The van der Waals surface area contributed by atoms with Gasteiger partial charge in [0.2, 0.25) is 0 Å². The molecule has 0 spiro atoms. The lowest BCUT2D eigenvalue weighted by Crippen LogP contribution is -1.88. The minimum Gasteiger partial charge on any atom is -0.497 e. The summed E-state index contributed by atoms with van der Waals surface area (Å²) in [5.74, 6) is 0.779. The van der Waals surface area contributed by atoms with Crippen LogP contribution in [0.4, 0.5) is 0 Å². The molecular formula is C15H13N3O. The van der Waals surface area contributed by atoms with Crippen molar-refractivity contribution in [2.45, 2.75) is 0 Å². The Hall–Kier alpha value is -2.71. The van der Waals surface area contributed by atoms with E-state index in [9.17, 15) is 0 Å². The molecule has 0 heterocycles. The third kappa shape index (κ3) is 2.76. The molecule has 0 amide bonds. The molecule has 2 rings (SSSR count). The predicted molar refractivity (Wildman–Crippen MR) is 76.6 cm³/mol. The van der Waals surface area contributed by atoms with E-state index >= 15 is 0 Å². The number of rotatable bonds is 4. The Labute approximate surface area is 111 Å². The Morgan fingerprint density at radius 2 is 2.00 bits per heavy atom. The van der Waals surface area contributed by atoms with Crippen molar-refractivity contribution in [1.82, 2.24) is 0 Å². The van der Waals surface area contributed by atoms with Gasteiger partial charge in [-0.05, 0) is 34.4 Å². The highest BCUT2D eigenvalue weighted by Crippen LogP contribution is 2.30. The Morgan fingerprint density at radius 1 is 1.21 bits per heavy atom. The van der Waals surface area contributed by atoms with Gasteiger partial charge >= 0.3 is 0 Å². The van der Waals surface area contributed by atoms with Gasteiger partial charge in [0.25, 0.3) is 0 Å². The summed E-state index contributed by atoms with van der Waals surface area (Å²) in [6, 6.07) is 15.4. The lowest BCUT2D eigenvalue weighted by Gasteiger charge is -2.10. The van der Waals surface area contributed by atoms with Crippen LogP contribution < -0.4 is 4.74 Å². The van der Waals surface area contributed by atoms with Crippen LogP contribution in [0.3, 0.4) is 0 Å². The molecule has 0 saturated carbocycles. The number of benzene rings is 2. The molecule has 0 aliphatic carbocycles. The average molecular weight is 251 g/mol. The highest BCUT2D eigenvalue weighted by molar-refractivity contribution is 5.80. The summed E-state index contributed by atoms with van der Waals surface area (Å²) in [5.41, 5.74) is 11.7. The second kappa shape index (κ2) is 5.76. The maximum atomic E-state index is 8.52. The summed E-state index contributed by atoms with van der Waals surface area (Å²) in [4.78, 5) is 2.78. The molecule has 0 aromatic heterocycles. The first-order chi connectivity index (χ1) is 9.26. The Balaban J connectivity index is 2.55. The van der Waals surface area contributed by atoms with Gasteiger partial charge in [-0.3, -0.25) is 0 Å². The highest BCUT2D eigenvalue weighted by Gasteiger charge is 2.07. The van der Waals surface area contributed by atoms with Crippen LogP contribution in [0.1, 0.15) is 5.56 Å². The molecule has 0 atom stereocenters. The second-order valence-corrected chi connectivity index (χ2v) is 3.91. The summed E-state index contributed by atoms with van der Waals surface area (Å²) < 4.78 is 5.22. The van der Waals surface area contributed by atoms with Crippen LogP contribution in [0.15, 0.2) is 60.2 Å². The summed E-state index contributed by atoms with van der Waals surface area (Å²) in [5, 5.41) is 3.58. The molecule has 4 heteroatoms. The van der Waals surface area contributed by atoms with E-state index in [0.717, 1.165) is 22.4 Å². The zero-order valence-corrected chi connectivity index (χ0v) is 10.6. The molecule has 0 aliphatic heterocycles. The van der Waals surface area contributed by atoms with E-state index in [0.29, 0.717) is 5.70 Å². The van der Waals surface area contributed by atoms with E-state index in [4.69, 9.17) is 10.3 Å². The molecule has 2 aromatic rings. The largest absolute Gasteiger partial charge is 0.497 e. The van der Waals surface area contributed by atoms with Crippen molar-refractivity contribution in [2.24, 2.45) is 5.11 Å². The predicted octanol–water partition coefficient (Wildman–Crippen LogP) is 4.64. The lowest BCUT2D eigenvalue weighted by atomic mass is 9.98. The average Bonchev–Trinajstić information content (AvgIpc) is 2.47. The minimum absolute atomic E-state index is 0.404. The van der Waals surface area contributed by atoms with E-state index in [1.165, 1.54) is 0 Å². The Bertz CT molecular complexity index is 658. The second-order valence-electron chi connectivity index (χ2n) is 3.91. The number of nitrogens with zero attached hydrogens (tertiary/aromatic N) is 3. The van der Waals surface area contributed by atoms with Gasteiger partial charge in [0.05, 0.1) is 7.11 Å². The topological polar surface area (TPSA) is 58.0 Å². The van der Waals surface area contributed by atoms with Crippen LogP contribution in [0.5, 0.6) is 5.75 Å². The van der Waals surface area contributed by atoms with E-state index in [1.54, 1.807) is 7.11 Å². The van der Waals surface area contributed by atoms with Crippen molar-refractivity contribution in [3.05, 3.63) is 71.1 Å². The fraction of sp³-hybridized carbons (Fsp3) is 0.0667. The Morgan fingerprint density at radius 3 is 2.74 bits per heavy atom. The molecule has 19 heavy (non-hydrogen) atoms. The highest BCUT2D eigenvalue weighted by atomic mass is 16.5. The van der Waals surface area contributed by atoms with Gasteiger partial charge in [-0.25, -0.2) is 0 Å². The van der Waals surface area contributed by atoms with Gasteiger partial charge in [-0.15, -0.1) is 0 Å². The molecule has 2 aromatic carbocycles. The maximum Gasteiger partial charge on any atom is 0.119 e. The van der Waals surface area contributed by atoms with Gasteiger partial charge in [0, 0.05) is 10.6 Å². The molecule has 94 valence electrons. The lowest BCUT2D eigenvalue weighted by molar-refractivity contribution is 0.415. The zero-order valence-electron chi connectivity index (χ0n) is 10.6. The van der Waals surface area contributed by atoms with Gasteiger partial charge < -0.3 is 4.74 Å². The van der Waals surface area contributed by atoms with Gasteiger partial charge in [0.1, 0.15) is 5.75 Å². The molecule has 0 saturated heterocycles. The first kappa shape index (κ1) is 12.7. The molecule has 0 N–H and O–H groups in total. The monoisotopic (exact) mass is 251 g/mol. The first-order valence-corrected chi connectivity index (χ1v) is 5.74. The van der Waals surface area contributed by atoms with Crippen molar-refractivity contribution in [2.75, 3.05) is 7.11 Å². The maximum absolute atomic E-state index is 8.52. The number of hydrogen-bond donors (Lipinski definition) is 0. The van der Waals surface area contributed by atoms with Crippen LogP contribution in [0.2, 0.25) is 0 Å². The van der Waals surface area contributed by atoms with Crippen LogP contribution in [-0.2, 0) is 0 Å². The third-order valence-electron chi connectivity index (χ3n) is 2.78. The summed E-state index contributed by atoms with van der Waals surface area (Å²) in [6.07, 6.45) is 0. The fourth-order valence-corrected chi connectivity index (χ4v) is 1.88. The molecular weight excluding hydrogens is 238 g/mol. The van der Waals surface area contributed by atoms with E-state index in [-0.39, 0.29) is 0 Å². The smallest absolute Gasteiger partial charge is 0.119 e. The molecule has 0 aliphatic rings. The van der Waals surface area contributed by atoms with E-state index < -0.39 is 0 Å². The fourth-order valence-electron chi connectivity index (χ4n) is 1.88. The first-order valence-electron chi connectivity index (χ1n) is 5.74. The summed E-state index contributed by atoms with van der Waals surface area (Å²) in [6.45, 7) is 3.79. The van der Waals surface area contributed by atoms with Crippen LogP contribution >= 0.6 is 0 Å². The standard InChI is InChI=1S/C15H13N3O/c1-11(17-18-16)14-8-3-4-9-15(14)12-6-5-7-13(10-12)19-2/h3-10H,1H2,2H3. The quantitative estimate of drug-likeness (QED) is 0.443. The third-order valence-corrected chi connectivity index (χ3v) is 2.78. The van der Waals surface area contributed by atoms with Crippen LogP contribution in [-0.4, -0.2) is 7.11 Å². The molecule has 0 unspecified atom stereocenters. The molecule has 0 radical (unpaired) electrons. The van der Waals surface area contributed by atoms with Gasteiger partial charge in [0.15, 0.2) is 0 Å². The number of hydrogen-bond acceptors (Lipinski definition) is 2. The number of ether oxygens (including phenoxy) is 1. The SMILES string of the molecule is C=C(N=[N+]=[N-])c1ccccc1-c1cccc(OC)c1. The number of methoxy groups -OCH3 is 1. The number of azide groups is 1. The van der Waals surface area contributed by atoms with Crippen molar-refractivity contribution in [3.8, 4) is 16.9 Å². The van der Waals surface area contributed by atoms with E-state index in [1.807, 2.05) is 48.5 Å². The summed E-state index contributed by atoms with van der Waals surface area (Å²) >= 11 is 0. The van der Waals surface area contributed by atoms with Gasteiger partial charge in [-0.1, -0.05) is 48.1 Å². The van der Waals surface area contributed by atoms with Crippen molar-refractivity contribution < 1.29 is 4.74 Å². The molecule has 0 fully saturated rings. The van der Waals surface area contributed by atoms with E-state index in [2.05, 4.69) is 16.6 Å². The zero-order chi connectivity index (χ0) is 13.7. The normalized spacial score (nSPS) is 9.53. The molecule has 4 nitrogen and oxygen atoms in total. The van der Waals surface area contributed by atoms with Crippen LogP contribution in [0.25, 0.3) is 27.3 Å². The van der Waals surface area contributed by atoms with Gasteiger partial charge in [-0.2, -0.15) is 0 Å². The van der Waals surface area contributed by atoms with Crippen LogP contribution in [0, 0.1) is 0 Å². The van der Waals surface area contributed by atoms with Crippen molar-refractivity contribution >= 4 is 5.70 Å². The summed E-state index contributed by atoms with van der Waals surface area (Å²) in [7, 11) is 1.63.